The van der Waals surface area contributed by atoms with Gasteiger partial charge in [0.05, 0.1) is 22.1 Å². The predicted octanol–water partition coefficient (Wildman–Crippen LogP) is 13.1. The zero-order valence-electron chi connectivity index (χ0n) is 29.8. The van der Waals surface area contributed by atoms with Crippen molar-refractivity contribution in [2.24, 2.45) is 0 Å². The van der Waals surface area contributed by atoms with Crippen LogP contribution in [0.25, 0.3) is 71.9 Å². The van der Waals surface area contributed by atoms with Crippen LogP contribution in [0.3, 0.4) is 0 Å². The Labute approximate surface area is 318 Å². The van der Waals surface area contributed by atoms with Crippen molar-refractivity contribution in [2.75, 3.05) is 0 Å². The van der Waals surface area contributed by atoms with Gasteiger partial charge in [-0.2, -0.15) is 0 Å². The number of aromatic nitrogens is 2. The first-order chi connectivity index (χ1) is 27.3. The van der Waals surface area contributed by atoms with E-state index < -0.39 is 5.41 Å². The Bertz CT molecular complexity index is 3070. The molecule has 0 bridgehead atoms. The standard InChI is InChI=1S/C52H32N2O/c1-3-15-33(16-4-1)36-29-46(35-18-5-2-6-19-35)53-50(30-36)54-47-32-49-45(31-41(47)40-28-27-34-17-7-8-20-37(34)51(40)54)52(44-25-13-14-26-48(44)55-49)42-23-11-9-21-38(42)39-22-10-12-24-43(39)52/h1-32H. The summed E-state index contributed by atoms with van der Waals surface area (Å²) < 4.78 is 9.40. The fraction of sp³-hybridized carbons (Fsp3) is 0.0192. The highest BCUT2D eigenvalue weighted by molar-refractivity contribution is 6.19. The molecule has 10 aromatic rings. The highest BCUT2D eigenvalue weighted by Gasteiger charge is 2.51. The minimum atomic E-state index is -0.553. The van der Waals surface area contributed by atoms with Gasteiger partial charge in [0.2, 0.25) is 0 Å². The number of benzene rings is 8. The number of para-hydroxylation sites is 1. The number of fused-ring (bicyclic) bond motifs is 14. The van der Waals surface area contributed by atoms with E-state index in [0.29, 0.717) is 0 Å². The number of nitrogens with zero attached hydrogens (tertiary/aromatic N) is 2. The molecule has 8 aromatic carbocycles. The van der Waals surface area contributed by atoms with Crippen LogP contribution in [0, 0.1) is 0 Å². The van der Waals surface area contributed by atoms with E-state index >= 15 is 0 Å². The Kier molecular flexibility index (Phi) is 6.26. The minimum absolute atomic E-state index is 0.553. The van der Waals surface area contributed by atoms with Crippen LogP contribution in [0.5, 0.6) is 11.5 Å². The molecule has 2 aromatic heterocycles. The molecule has 3 heteroatoms. The summed E-state index contributed by atoms with van der Waals surface area (Å²) in [6.45, 7) is 0. The lowest BCUT2D eigenvalue weighted by Gasteiger charge is -2.39. The molecule has 1 aliphatic carbocycles. The van der Waals surface area contributed by atoms with Gasteiger partial charge >= 0.3 is 0 Å². The van der Waals surface area contributed by atoms with Crippen LogP contribution in [0.2, 0.25) is 0 Å². The molecule has 0 N–H and O–H groups in total. The maximum absolute atomic E-state index is 7.03. The second-order valence-corrected chi connectivity index (χ2v) is 14.7. The molecule has 0 amide bonds. The van der Waals surface area contributed by atoms with Crippen molar-refractivity contribution in [1.82, 2.24) is 9.55 Å². The van der Waals surface area contributed by atoms with Gasteiger partial charge in [-0.15, -0.1) is 0 Å². The topological polar surface area (TPSA) is 27.1 Å². The summed E-state index contributed by atoms with van der Waals surface area (Å²) >= 11 is 0. The third kappa shape index (κ3) is 4.18. The van der Waals surface area contributed by atoms with Gasteiger partial charge in [0.1, 0.15) is 17.3 Å². The molecule has 0 fully saturated rings. The summed E-state index contributed by atoms with van der Waals surface area (Å²) in [5.74, 6) is 2.59. The average Bonchev–Trinajstić information content (AvgIpc) is 3.74. The number of rotatable bonds is 3. The Balaban J connectivity index is 1.23. The van der Waals surface area contributed by atoms with Crippen molar-refractivity contribution >= 4 is 32.6 Å². The first-order valence-corrected chi connectivity index (χ1v) is 18.9. The lowest BCUT2D eigenvalue weighted by atomic mass is 9.66. The van der Waals surface area contributed by atoms with Crippen molar-refractivity contribution in [2.45, 2.75) is 5.41 Å². The molecule has 0 unspecified atom stereocenters. The van der Waals surface area contributed by atoms with Crippen molar-refractivity contribution in [1.29, 1.82) is 0 Å². The number of pyridine rings is 1. The van der Waals surface area contributed by atoms with Crippen LogP contribution in [0.4, 0.5) is 0 Å². The molecule has 0 saturated heterocycles. The fourth-order valence-electron chi connectivity index (χ4n) is 9.55. The Morgan fingerprint density at radius 1 is 0.418 bits per heavy atom. The van der Waals surface area contributed by atoms with Gasteiger partial charge in [0.15, 0.2) is 0 Å². The second kappa shape index (κ2) is 11.4. The zero-order valence-corrected chi connectivity index (χ0v) is 29.8. The van der Waals surface area contributed by atoms with Crippen molar-refractivity contribution in [3.8, 4) is 50.8 Å². The molecule has 0 radical (unpaired) electrons. The highest BCUT2D eigenvalue weighted by Crippen LogP contribution is 2.62. The number of ether oxygens (including phenoxy) is 1. The highest BCUT2D eigenvalue weighted by atomic mass is 16.5. The van der Waals surface area contributed by atoms with Crippen LogP contribution in [-0.4, -0.2) is 9.55 Å². The number of hydrogen-bond acceptors (Lipinski definition) is 2. The molecule has 256 valence electrons. The van der Waals surface area contributed by atoms with Crippen molar-refractivity contribution in [3.63, 3.8) is 0 Å². The van der Waals surface area contributed by atoms with Crippen LogP contribution in [-0.2, 0) is 5.41 Å². The first-order valence-electron chi connectivity index (χ1n) is 18.9. The lowest BCUT2D eigenvalue weighted by Crippen LogP contribution is -2.32. The molecule has 55 heavy (non-hydrogen) atoms. The van der Waals surface area contributed by atoms with E-state index in [9.17, 15) is 0 Å². The van der Waals surface area contributed by atoms with Crippen LogP contribution >= 0.6 is 0 Å². The van der Waals surface area contributed by atoms with Crippen molar-refractivity contribution < 1.29 is 4.74 Å². The largest absolute Gasteiger partial charge is 0.457 e. The van der Waals surface area contributed by atoms with Gasteiger partial charge < -0.3 is 4.74 Å². The average molecular weight is 701 g/mol. The molecule has 12 rings (SSSR count). The van der Waals surface area contributed by atoms with E-state index in [1.54, 1.807) is 0 Å². The van der Waals surface area contributed by atoms with E-state index in [-0.39, 0.29) is 0 Å². The van der Waals surface area contributed by atoms with Gasteiger partial charge in [-0.05, 0) is 63.0 Å². The second-order valence-electron chi connectivity index (χ2n) is 14.7. The number of hydrogen-bond donors (Lipinski definition) is 0. The third-order valence-electron chi connectivity index (χ3n) is 11.8. The molecule has 3 heterocycles. The van der Waals surface area contributed by atoms with Crippen LogP contribution < -0.4 is 4.74 Å². The van der Waals surface area contributed by atoms with Crippen LogP contribution in [0.15, 0.2) is 194 Å². The molecule has 0 atom stereocenters. The quantitative estimate of drug-likeness (QED) is 0.183. The summed E-state index contributed by atoms with van der Waals surface area (Å²) in [6, 6.07) is 69.9. The summed E-state index contributed by atoms with van der Waals surface area (Å²) in [7, 11) is 0. The SMILES string of the molecule is c1ccc(-c2cc(-c3ccccc3)nc(-n3c4cc5c(cc4c4ccc6ccccc6c43)C3(c4ccccc4O5)c4ccccc4-c4ccccc43)c2)cc1. The fourth-order valence-corrected chi connectivity index (χ4v) is 9.55. The predicted molar refractivity (Wildman–Crippen MR) is 224 cm³/mol. The molecule has 1 aliphatic heterocycles. The molecule has 0 saturated carbocycles. The van der Waals surface area contributed by atoms with Gasteiger partial charge in [0.25, 0.3) is 0 Å². The summed E-state index contributed by atoms with van der Waals surface area (Å²) in [5.41, 5.74) is 13.3. The molecule has 1 spiro atoms. The summed E-state index contributed by atoms with van der Waals surface area (Å²) in [4.78, 5) is 5.48. The smallest absolute Gasteiger partial charge is 0.138 e. The van der Waals surface area contributed by atoms with Crippen molar-refractivity contribution in [3.05, 3.63) is 216 Å². The van der Waals surface area contributed by atoms with Crippen LogP contribution in [0.1, 0.15) is 22.3 Å². The van der Waals surface area contributed by atoms with Gasteiger partial charge in [-0.25, -0.2) is 4.98 Å². The Hall–Kier alpha value is -7.23. The maximum Gasteiger partial charge on any atom is 0.138 e. The van der Waals surface area contributed by atoms with E-state index in [2.05, 4.69) is 199 Å². The minimum Gasteiger partial charge on any atom is -0.457 e. The monoisotopic (exact) mass is 700 g/mol. The zero-order chi connectivity index (χ0) is 36.1. The first kappa shape index (κ1) is 30.3. The van der Waals surface area contributed by atoms with E-state index in [0.717, 1.165) is 67.2 Å². The summed E-state index contributed by atoms with van der Waals surface area (Å²) in [5, 5.41) is 4.71. The lowest BCUT2D eigenvalue weighted by molar-refractivity contribution is 0.437. The molecular weight excluding hydrogens is 669 g/mol. The van der Waals surface area contributed by atoms with Gasteiger partial charge in [-0.1, -0.05) is 164 Å². The normalized spacial score (nSPS) is 13.4. The Morgan fingerprint density at radius 3 is 1.82 bits per heavy atom. The Morgan fingerprint density at radius 2 is 1.05 bits per heavy atom. The third-order valence-corrected chi connectivity index (χ3v) is 11.8. The maximum atomic E-state index is 7.03. The van der Waals surface area contributed by atoms with E-state index in [4.69, 9.17) is 9.72 Å². The molecule has 2 aliphatic rings. The summed E-state index contributed by atoms with van der Waals surface area (Å²) in [6.07, 6.45) is 0. The van der Waals surface area contributed by atoms with E-state index in [1.807, 2.05) is 0 Å². The molecule has 3 nitrogen and oxygen atoms in total. The van der Waals surface area contributed by atoms with Gasteiger partial charge in [-0.3, -0.25) is 4.57 Å². The van der Waals surface area contributed by atoms with E-state index in [1.165, 1.54) is 38.4 Å². The van der Waals surface area contributed by atoms with Gasteiger partial charge in [0, 0.05) is 38.9 Å². The molecular formula is C52H32N2O.